The van der Waals surface area contributed by atoms with Gasteiger partial charge < -0.3 is 4.52 Å². The highest BCUT2D eigenvalue weighted by atomic mass is 19.1. The van der Waals surface area contributed by atoms with Crippen LogP contribution < -0.4 is 0 Å². The lowest BCUT2D eigenvalue weighted by molar-refractivity contribution is 0.424. The van der Waals surface area contributed by atoms with E-state index >= 15 is 0 Å². The molecule has 3 aromatic rings. The van der Waals surface area contributed by atoms with E-state index in [1.165, 1.54) is 6.07 Å². The normalized spacial score (nSPS) is 10.6. The van der Waals surface area contributed by atoms with Crippen LogP contribution in [-0.2, 0) is 6.42 Å². The second kappa shape index (κ2) is 5.06. The monoisotopic (exact) mass is 253 g/mol. The zero-order chi connectivity index (χ0) is 13.1. The average Bonchev–Trinajstić information content (AvgIpc) is 2.91. The van der Waals surface area contributed by atoms with E-state index in [4.69, 9.17) is 4.52 Å². The highest BCUT2D eigenvalue weighted by Gasteiger charge is 2.09. The molecule has 0 amide bonds. The third-order valence-corrected chi connectivity index (χ3v) is 2.95. The van der Waals surface area contributed by atoms with E-state index < -0.39 is 0 Å². The predicted molar refractivity (Wildman–Crippen MR) is 71.1 cm³/mol. The first-order valence-corrected chi connectivity index (χ1v) is 6.07. The maximum absolute atomic E-state index is 13.5. The molecule has 2 nitrogen and oxygen atoms in total. The Morgan fingerprint density at radius 1 is 0.947 bits per heavy atom. The van der Waals surface area contributed by atoms with Crippen molar-refractivity contribution in [2.75, 3.05) is 0 Å². The fourth-order valence-electron chi connectivity index (χ4n) is 1.97. The first kappa shape index (κ1) is 11.7. The molecule has 3 rings (SSSR count). The molecule has 0 unspecified atom stereocenters. The summed E-state index contributed by atoms with van der Waals surface area (Å²) in [5.74, 6) is 0.485. The van der Waals surface area contributed by atoms with Crippen LogP contribution in [0.1, 0.15) is 11.3 Å². The minimum atomic E-state index is -0.216. The maximum Gasteiger partial charge on any atom is 0.167 e. The van der Waals surface area contributed by atoms with Gasteiger partial charge in [0.05, 0.1) is 5.69 Å². The highest BCUT2D eigenvalue weighted by Crippen LogP contribution is 2.21. The molecule has 0 saturated heterocycles. The van der Waals surface area contributed by atoms with Gasteiger partial charge in [0.25, 0.3) is 0 Å². The molecule has 0 radical (unpaired) electrons. The van der Waals surface area contributed by atoms with Crippen molar-refractivity contribution in [2.24, 2.45) is 0 Å². The molecular weight excluding hydrogens is 241 g/mol. The van der Waals surface area contributed by atoms with Crippen molar-refractivity contribution in [3.63, 3.8) is 0 Å². The Morgan fingerprint density at radius 3 is 2.47 bits per heavy atom. The van der Waals surface area contributed by atoms with Gasteiger partial charge in [-0.05, 0) is 11.6 Å². The van der Waals surface area contributed by atoms with Crippen molar-refractivity contribution in [3.05, 3.63) is 77.7 Å². The summed E-state index contributed by atoms with van der Waals surface area (Å²) in [5, 5.41) is 3.99. The van der Waals surface area contributed by atoms with Crippen LogP contribution in [-0.4, -0.2) is 5.16 Å². The molecule has 0 N–H and O–H groups in total. The number of nitrogens with zero attached hydrogens (tertiary/aromatic N) is 1. The molecule has 1 heterocycles. The lowest BCUT2D eigenvalue weighted by Gasteiger charge is -1.98. The minimum Gasteiger partial charge on any atom is -0.356 e. The van der Waals surface area contributed by atoms with Gasteiger partial charge in [-0.15, -0.1) is 0 Å². The fraction of sp³-hybridized carbons (Fsp3) is 0.0625. The van der Waals surface area contributed by atoms with Crippen LogP contribution >= 0.6 is 0 Å². The number of benzene rings is 2. The van der Waals surface area contributed by atoms with Gasteiger partial charge in [0.1, 0.15) is 5.82 Å². The Balaban J connectivity index is 1.85. The molecule has 2 aromatic carbocycles. The number of hydrogen-bond donors (Lipinski definition) is 0. The zero-order valence-corrected chi connectivity index (χ0v) is 10.2. The molecule has 1 aromatic heterocycles. The van der Waals surface area contributed by atoms with E-state index in [9.17, 15) is 4.39 Å². The van der Waals surface area contributed by atoms with Gasteiger partial charge in [0, 0.05) is 18.1 Å². The molecule has 0 atom stereocenters. The molecule has 0 aliphatic heterocycles. The van der Waals surface area contributed by atoms with Crippen LogP contribution in [0.3, 0.4) is 0 Å². The smallest absolute Gasteiger partial charge is 0.167 e. The summed E-state index contributed by atoms with van der Waals surface area (Å²) in [4.78, 5) is 0. The molecule has 0 aliphatic rings. The Kier molecular flexibility index (Phi) is 3.11. The van der Waals surface area contributed by atoms with E-state index in [1.54, 1.807) is 12.1 Å². The number of hydrogen-bond acceptors (Lipinski definition) is 2. The molecule has 0 saturated carbocycles. The fourth-order valence-corrected chi connectivity index (χ4v) is 1.97. The van der Waals surface area contributed by atoms with Gasteiger partial charge in [-0.1, -0.05) is 53.7 Å². The Bertz CT molecular complexity index is 676. The van der Waals surface area contributed by atoms with Crippen molar-refractivity contribution in [1.82, 2.24) is 5.16 Å². The number of halogens is 1. The van der Waals surface area contributed by atoms with Crippen LogP contribution in [0.2, 0.25) is 0 Å². The third-order valence-electron chi connectivity index (χ3n) is 2.95. The van der Waals surface area contributed by atoms with Gasteiger partial charge in [-0.25, -0.2) is 4.39 Å². The molecular formula is C16H12FNO. The van der Waals surface area contributed by atoms with Crippen LogP contribution in [0, 0.1) is 5.82 Å². The predicted octanol–water partition coefficient (Wildman–Crippen LogP) is 4.07. The Morgan fingerprint density at radius 2 is 1.68 bits per heavy atom. The summed E-state index contributed by atoms with van der Waals surface area (Å²) >= 11 is 0. The molecule has 0 fully saturated rings. The summed E-state index contributed by atoms with van der Waals surface area (Å²) in [6, 6.07) is 18.3. The summed E-state index contributed by atoms with van der Waals surface area (Å²) in [6.45, 7) is 0. The van der Waals surface area contributed by atoms with E-state index in [1.807, 2.05) is 42.5 Å². The van der Waals surface area contributed by atoms with Gasteiger partial charge in [0.2, 0.25) is 0 Å². The van der Waals surface area contributed by atoms with E-state index in [-0.39, 0.29) is 5.82 Å². The summed E-state index contributed by atoms with van der Waals surface area (Å²) in [7, 11) is 0. The number of aromatic nitrogens is 1. The molecule has 19 heavy (non-hydrogen) atoms. The average molecular weight is 253 g/mol. The second-order valence-corrected chi connectivity index (χ2v) is 4.32. The van der Waals surface area contributed by atoms with Crippen LogP contribution in [0.4, 0.5) is 4.39 Å². The van der Waals surface area contributed by atoms with E-state index in [0.717, 1.165) is 11.3 Å². The number of rotatable bonds is 3. The minimum absolute atomic E-state index is 0.216. The van der Waals surface area contributed by atoms with Gasteiger partial charge in [-0.2, -0.15) is 0 Å². The maximum atomic E-state index is 13.5. The SMILES string of the molecule is Fc1ccccc1Cc1cc(-c2ccccc2)on1. The summed E-state index contributed by atoms with van der Waals surface area (Å²) in [5.41, 5.74) is 2.31. The second-order valence-electron chi connectivity index (χ2n) is 4.32. The van der Waals surface area contributed by atoms with E-state index in [0.29, 0.717) is 17.7 Å². The molecule has 0 bridgehead atoms. The van der Waals surface area contributed by atoms with Crippen molar-refractivity contribution in [2.45, 2.75) is 6.42 Å². The summed E-state index contributed by atoms with van der Waals surface area (Å²) < 4.78 is 18.8. The van der Waals surface area contributed by atoms with Crippen LogP contribution in [0.15, 0.2) is 65.2 Å². The standard InChI is InChI=1S/C16H12FNO/c17-15-9-5-4-8-13(15)10-14-11-16(19-18-14)12-6-2-1-3-7-12/h1-9,11H,10H2. The topological polar surface area (TPSA) is 26.0 Å². The first-order chi connectivity index (χ1) is 9.33. The quantitative estimate of drug-likeness (QED) is 0.703. The van der Waals surface area contributed by atoms with Crippen LogP contribution in [0.25, 0.3) is 11.3 Å². The van der Waals surface area contributed by atoms with Gasteiger partial charge in [0.15, 0.2) is 5.76 Å². The zero-order valence-electron chi connectivity index (χ0n) is 10.2. The van der Waals surface area contributed by atoms with Crippen molar-refractivity contribution in [3.8, 4) is 11.3 Å². The lowest BCUT2D eigenvalue weighted by Crippen LogP contribution is -1.91. The van der Waals surface area contributed by atoms with Gasteiger partial charge in [-0.3, -0.25) is 0 Å². The van der Waals surface area contributed by atoms with E-state index in [2.05, 4.69) is 5.16 Å². The van der Waals surface area contributed by atoms with Crippen LogP contribution in [0.5, 0.6) is 0 Å². The lowest BCUT2D eigenvalue weighted by atomic mass is 10.1. The Labute approximate surface area is 110 Å². The molecule has 0 aliphatic carbocycles. The highest BCUT2D eigenvalue weighted by molar-refractivity contribution is 5.57. The first-order valence-electron chi connectivity index (χ1n) is 6.07. The largest absolute Gasteiger partial charge is 0.356 e. The third kappa shape index (κ3) is 2.55. The van der Waals surface area contributed by atoms with Crippen molar-refractivity contribution >= 4 is 0 Å². The van der Waals surface area contributed by atoms with Crippen molar-refractivity contribution < 1.29 is 8.91 Å². The van der Waals surface area contributed by atoms with Crippen molar-refractivity contribution in [1.29, 1.82) is 0 Å². The van der Waals surface area contributed by atoms with Gasteiger partial charge >= 0.3 is 0 Å². The Hall–Kier alpha value is -2.42. The summed E-state index contributed by atoms with van der Waals surface area (Å²) in [6.07, 6.45) is 0.434. The molecule has 94 valence electrons. The molecule has 3 heteroatoms. The molecule has 0 spiro atoms.